The molecule has 4 rings (SSSR count). The molecule has 2 atom stereocenters. The van der Waals surface area contributed by atoms with Gasteiger partial charge in [-0.15, -0.1) is 6.58 Å². The van der Waals surface area contributed by atoms with E-state index < -0.39 is 21.8 Å². The van der Waals surface area contributed by atoms with Gasteiger partial charge in [-0.2, -0.15) is 0 Å². The summed E-state index contributed by atoms with van der Waals surface area (Å²) < 4.78 is 12.0. The number of nitro groups is 1. The first-order chi connectivity index (χ1) is 15.9. The van der Waals surface area contributed by atoms with Crippen LogP contribution in [0.25, 0.3) is 0 Å². The second-order valence-corrected chi connectivity index (χ2v) is 8.42. The molecule has 0 saturated carbocycles. The maximum atomic E-state index is 13.2. The van der Waals surface area contributed by atoms with Gasteiger partial charge < -0.3 is 9.47 Å². The summed E-state index contributed by atoms with van der Waals surface area (Å²) in [6, 6.07) is 19.7. The molecule has 3 aromatic rings. The number of benzene rings is 3. The smallest absolute Gasteiger partial charge is 0.397 e. The summed E-state index contributed by atoms with van der Waals surface area (Å²) in [7, 11) is 0. The third-order valence-corrected chi connectivity index (χ3v) is 6.12. The molecule has 7 heteroatoms. The van der Waals surface area contributed by atoms with Crippen LogP contribution in [0.4, 0.5) is 0 Å². The number of nitrogens with zero attached hydrogens (tertiary/aromatic N) is 1. The van der Waals surface area contributed by atoms with Gasteiger partial charge >= 0.3 is 5.00 Å². The van der Waals surface area contributed by atoms with E-state index in [1.807, 2.05) is 37.3 Å². The van der Waals surface area contributed by atoms with E-state index in [2.05, 4.69) is 6.58 Å². The zero-order valence-corrected chi connectivity index (χ0v) is 18.7. The SMILES string of the molecule is C=CCc1cccc2c1OC(c1ccc(OCc3ccccc3)c(C)c1)C(Cl)([N+](=O)[O-])C2=O. The summed E-state index contributed by atoms with van der Waals surface area (Å²) >= 11 is 6.43. The predicted octanol–water partition coefficient (Wildman–Crippen LogP) is 5.83. The fourth-order valence-corrected chi connectivity index (χ4v) is 4.20. The Balaban J connectivity index is 1.70. The zero-order chi connectivity index (χ0) is 23.6. The highest BCUT2D eigenvalue weighted by Crippen LogP contribution is 2.47. The van der Waals surface area contributed by atoms with Gasteiger partial charge in [0.2, 0.25) is 6.10 Å². The number of aryl methyl sites for hydroxylation is 1. The molecule has 168 valence electrons. The average molecular weight is 464 g/mol. The maximum absolute atomic E-state index is 13.2. The first kappa shape index (κ1) is 22.6. The summed E-state index contributed by atoms with van der Waals surface area (Å²) in [5.74, 6) is 0.125. The molecule has 0 amide bonds. The van der Waals surface area contributed by atoms with E-state index in [0.29, 0.717) is 35.7 Å². The molecular weight excluding hydrogens is 442 g/mol. The van der Waals surface area contributed by atoms with Crippen LogP contribution in [0, 0.1) is 17.0 Å². The van der Waals surface area contributed by atoms with E-state index in [1.165, 1.54) is 6.07 Å². The third-order valence-electron chi connectivity index (χ3n) is 5.61. The number of rotatable bonds is 7. The second-order valence-electron chi connectivity index (χ2n) is 7.84. The van der Waals surface area contributed by atoms with Gasteiger partial charge in [0.25, 0.3) is 5.78 Å². The molecule has 0 bridgehead atoms. The number of hydrogen-bond donors (Lipinski definition) is 0. The monoisotopic (exact) mass is 463 g/mol. The molecule has 0 aromatic heterocycles. The Morgan fingerprint density at radius 2 is 1.94 bits per heavy atom. The van der Waals surface area contributed by atoms with Crippen LogP contribution in [0.2, 0.25) is 0 Å². The lowest BCUT2D eigenvalue weighted by atomic mass is 9.89. The first-order valence-corrected chi connectivity index (χ1v) is 10.8. The summed E-state index contributed by atoms with van der Waals surface area (Å²) in [6.07, 6.45) is 0.807. The van der Waals surface area contributed by atoms with Crippen LogP contribution in [0.3, 0.4) is 0 Å². The highest BCUT2D eigenvalue weighted by molar-refractivity contribution is 6.37. The molecule has 1 heterocycles. The number of carbonyl (C=O) groups excluding carboxylic acids is 1. The minimum Gasteiger partial charge on any atom is -0.489 e. The van der Waals surface area contributed by atoms with Gasteiger partial charge in [0.05, 0.1) is 10.5 Å². The first-order valence-electron chi connectivity index (χ1n) is 10.4. The number of Topliss-reactive ketones (excluding diaryl/α,β-unsaturated/α-hetero) is 1. The summed E-state index contributed by atoms with van der Waals surface area (Å²) in [5.41, 5.74) is 2.98. The van der Waals surface area contributed by atoms with Crippen molar-refractivity contribution in [3.05, 3.63) is 117 Å². The summed E-state index contributed by atoms with van der Waals surface area (Å²) in [5, 5.41) is 12.0. The molecule has 6 nitrogen and oxygen atoms in total. The van der Waals surface area contributed by atoms with Crippen LogP contribution >= 0.6 is 11.6 Å². The van der Waals surface area contributed by atoms with Gasteiger partial charge in [-0.05, 0) is 59.8 Å². The van der Waals surface area contributed by atoms with Crippen molar-refractivity contribution in [3.8, 4) is 11.5 Å². The molecule has 2 unspecified atom stereocenters. The standard InChI is InChI=1S/C26H22ClNO5/c1-3-8-19-11-7-12-21-23(19)33-25(26(27,24(21)29)28(30)31)20-13-14-22(17(2)15-20)32-16-18-9-5-4-6-10-18/h3-7,9-15,25H,1,8,16H2,2H3. The Morgan fingerprint density at radius 1 is 1.18 bits per heavy atom. The molecule has 0 fully saturated rings. The summed E-state index contributed by atoms with van der Waals surface area (Å²) in [4.78, 5) is 22.0. The summed E-state index contributed by atoms with van der Waals surface area (Å²) in [6.45, 7) is 5.94. The number of ketones is 1. The topological polar surface area (TPSA) is 78.7 Å². The number of allylic oxidation sites excluding steroid dienone is 1. The van der Waals surface area contributed by atoms with Gasteiger partial charge in [-0.3, -0.25) is 14.9 Å². The lowest BCUT2D eigenvalue weighted by Gasteiger charge is -2.33. The molecule has 0 aliphatic carbocycles. The van der Waals surface area contributed by atoms with Crippen molar-refractivity contribution in [2.45, 2.75) is 31.1 Å². The van der Waals surface area contributed by atoms with Gasteiger partial charge in [0.15, 0.2) is 0 Å². The largest absolute Gasteiger partial charge is 0.489 e. The normalized spacial score (nSPS) is 19.3. The quantitative estimate of drug-likeness (QED) is 0.145. The van der Waals surface area contributed by atoms with Crippen molar-refractivity contribution in [2.24, 2.45) is 0 Å². The van der Waals surface area contributed by atoms with E-state index in [-0.39, 0.29) is 5.56 Å². The fourth-order valence-electron chi connectivity index (χ4n) is 3.92. The lowest BCUT2D eigenvalue weighted by molar-refractivity contribution is -0.536. The Bertz CT molecular complexity index is 1230. The highest BCUT2D eigenvalue weighted by atomic mass is 35.5. The molecule has 1 aliphatic rings. The number of para-hydroxylation sites is 1. The number of hydrogen-bond acceptors (Lipinski definition) is 5. The Morgan fingerprint density at radius 3 is 2.61 bits per heavy atom. The molecule has 0 radical (unpaired) electrons. The molecular formula is C26H22ClNO5. The maximum Gasteiger partial charge on any atom is 0.397 e. The van der Waals surface area contributed by atoms with Crippen molar-refractivity contribution in [2.75, 3.05) is 0 Å². The van der Waals surface area contributed by atoms with Crippen molar-refractivity contribution >= 4 is 17.4 Å². The van der Waals surface area contributed by atoms with Crippen LogP contribution in [0.1, 0.15) is 38.7 Å². The Labute approximate surface area is 196 Å². The van der Waals surface area contributed by atoms with E-state index in [0.717, 1.165) is 11.1 Å². The van der Waals surface area contributed by atoms with Crippen LogP contribution in [-0.4, -0.2) is 15.7 Å². The molecule has 1 aliphatic heterocycles. The second kappa shape index (κ2) is 9.08. The zero-order valence-electron chi connectivity index (χ0n) is 18.0. The molecule has 3 aromatic carbocycles. The molecule has 0 spiro atoms. The number of ether oxygens (including phenoxy) is 2. The van der Waals surface area contributed by atoms with Crippen molar-refractivity contribution < 1.29 is 19.2 Å². The number of halogens is 1. The van der Waals surface area contributed by atoms with Crippen molar-refractivity contribution in [1.29, 1.82) is 0 Å². The van der Waals surface area contributed by atoms with Gasteiger partial charge in [0, 0.05) is 5.56 Å². The van der Waals surface area contributed by atoms with Crippen LogP contribution < -0.4 is 9.47 Å². The number of carbonyl (C=O) groups is 1. The number of fused-ring (bicyclic) bond motifs is 1. The minimum atomic E-state index is -2.49. The molecule has 0 saturated heterocycles. The van der Waals surface area contributed by atoms with Gasteiger partial charge in [0.1, 0.15) is 18.1 Å². The van der Waals surface area contributed by atoms with Crippen LogP contribution in [0.5, 0.6) is 11.5 Å². The highest BCUT2D eigenvalue weighted by Gasteiger charge is 2.62. The lowest BCUT2D eigenvalue weighted by Crippen LogP contribution is -2.51. The van der Waals surface area contributed by atoms with Crippen molar-refractivity contribution in [3.63, 3.8) is 0 Å². The van der Waals surface area contributed by atoms with E-state index in [1.54, 1.807) is 36.4 Å². The van der Waals surface area contributed by atoms with E-state index in [9.17, 15) is 14.9 Å². The third kappa shape index (κ3) is 4.10. The van der Waals surface area contributed by atoms with Crippen LogP contribution in [0.15, 0.2) is 79.4 Å². The van der Waals surface area contributed by atoms with Gasteiger partial charge in [-0.25, -0.2) is 0 Å². The van der Waals surface area contributed by atoms with Crippen LogP contribution in [-0.2, 0) is 13.0 Å². The Hall–Kier alpha value is -3.64. The van der Waals surface area contributed by atoms with E-state index >= 15 is 0 Å². The Kier molecular flexibility index (Phi) is 6.20. The minimum absolute atomic E-state index is 0.0943. The number of alkyl halides is 1. The fraction of sp³-hybridized carbons (Fsp3) is 0.192. The molecule has 0 N–H and O–H groups in total. The van der Waals surface area contributed by atoms with Crippen molar-refractivity contribution in [1.82, 2.24) is 0 Å². The van der Waals surface area contributed by atoms with E-state index in [4.69, 9.17) is 21.1 Å². The van der Waals surface area contributed by atoms with Gasteiger partial charge in [-0.1, -0.05) is 54.6 Å². The predicted molar refractivity (Wildman–Crippen MR) is 126 cm³/mol. The molecule has 33 heavy (non-hydrogen) atoms. The average Bonchev–Trinajstić information content (AvgIpc) is 2.81.